The number of hydrogen-bond donors (Lipinski definition) is 2. The van der Waals surface area contributed by atoms with Crippen LogP contribution in [0.4, 0.5) is 11.4 Å². The lowest BCUT2D eigenvalue weighted by Gasteiger charge is -2.07. The van der Waals surface area contributed by atoms with Gasteiger partial charge in [-0.05, 0) is 17.7 Å². The molecule has 0 radical (unpaired) electrons. The van der Waals surface area contributed by atoms with Gasteiger partial charge in [-0.25, -0.2) is 0 Å². The van der Waals surface area contributed by atoms with E-state index >= 15 is 0 Å². The molecule has 7 nitrogen and oxygen atoms in total. The molecule has 0 saturated carbocycles. The highest BCUT2D eigenvalue weighted by atomic mass is 16.6. The number of non-ortho nitro benzene ring substituents is 1. The molecule has 2 aromatic carbocycles. The lowest BCUT2D eigenvalue weighted by Crippen LogP contribution is -2.07. The Hall–Kier alpha value is -3.22. The van der Waals surface area contributed by atoms with Crippen molar-refractivity contribution < 1.29 is 14.8 Å². The van der Waals surface area contributed by atoms with Crippen LogP contribution in [0.2, 0.25) is 0 Å². The van der Waals surface area contributed by atoms with Crippen LogP contribution in [0.15, 0.2) is 59.7 Å². The maximum Gasteiger partial charge on any atom is 0.303 e. The number of carboxylic acid groups (broad SMARTS) is 1. The van der Waals surface area contributed by atoms with Gasteiger partial charge >= 0.3 is 5.97 Å². The van der Waals surface area contributed by atoms with E-state index in [0.29, 0.717) is 11.4 Å². The lowest BCUT2D eigenvalue weighted by atomic mass is 10.1. The minimum atomic E-state index is -0.899. The SMILES string of the molecule is O=C(O)CC/C(=N/Nc1ccc([N+](=O)[O-])cc1)c1ccccc1. The van der Waals surface area contributed by atoms with Gasteiger partial charge in [-0.2, -0.15) is 5.10 Å². The van der Waals surface area contributed by atoms with Crippen molar-refractivity contribution in [2.45, 2.75) is 12.8 Å². The van der Waals surface area contributed by atoms with E-state index in [1.54, 1.807) is 12.1 Å². The van der Waals surface area contributed by atoms with E-state index in [4.69, 9.17) is 5.11 Å². The summed E-state index contributed by atoms with van der Waals surface area (Å²) in [5.74, 6) is -0.899. The summed E-state index contributed by atoms with van der Waals surface area (Å²) in [4.78, 5) is 20.9. The number of hydrazone groups is 1. The van der Waals surface area contributed by atoms with Gasteiger partial charge in [0.1, 0.15) is 0 Å². The maximum absolute atomic E-state index is 10.8. The first-order valence-electron chi connectivity index (χ1n) is 6.90. The Morgan fingerprint density at radius 1 is 1.09 bits per heavy atom. The Morgan fingerprint density at radius 2 is 1.74 bits per heavy atom. The smallest absolute Gasteiger partial charge is 0.303 e. The van der Waals surface area contributed by atoms with Crippen LogP contribution in [0.5, 0.6) is 0 Å². The Kier molecular flexibility index (Phi) is 5.40. The Morgan fingerprint density at radius 3 is 2.30 bits per heavy atom. The van der Waals surface area contributed by atoms with Gasteiger partial charge in [0.15, 0.2) is 0 Å². The van der Waals surface area contributed by atoms with Gasteiger partial charge < -0.3 is 5.11 Å². The zero-order valence-corrected chi connectivity index (χ0v) is 12.2. The number of nitrogens with zero attached hydrogens (tertiary/aromatic N) is 2. The van der Waals surface area contributed by atoms with Crippen molar-refractivity contribution in [2.24, 2.45) is 5.10 Å². The number of hydrogen-bond acceptors (Lipinski definition) is 5. The van der Waals surface area contributed by atoms with Gasteiger partial charge in [-0.15, -0.1) is 0 Å². The standard InChI is InChI=1S/C16H15N3O4/c20-16(21)11-10-15(12-4-2-1-3-5-12)18-17-13-6-8-14(9-7-13)19(22)23/h1-9,17H,10-11H2,(H,20,21)/b18-15-. The van der Waals surface area contributed by atoms with Gasteiger partial charge in [-0.1, -0.05) is 30.3 Å². The van der Waals surface area contributed by atoms with Crippen LogP contribution in [0.1, 0.15) is 18.4 Å². The molecule has 0 atom stereocenters. The topological polar surface area (TPSA) is 105 Å². The average Bonchev–Trinajstić information content (AvgIpc) is 2.56. The molecule has 0 fully saturated rings. The van der Waals surface area contributed by atoms with E-state index in [2.05, 4.69) is 10.5 Å². The second-order valence-electron chi connectivity index (χ2n) is 4.73. The number of nitrogens with one attached hydrogen (secondary N) is 1. The van der Waals surface area contributed by atoms with Crippen LogP contribution in [-0.2, 0) is 4.79 Å². The van der Waals surface area contributed by atoms with Gasteiger partial charge in [0.05, 0.1) is 22.7 Å². The van der Waals surface area contributed by atoms with E-state index in [-0.39, 0.29) is 18.5 Å². The highest BCUT2D eigenvalue weighted by Crippen LogP contribution is 2.16. The Bertz CT molecular complexity index is 712. The molecule has 2 N–H and O–H groups in total. The third-order valence-corrected chi connectivity index (χ3v) is 3.08. The van der Waals surface area contributed by atoms with Crippen LogP contribution >= 0.6 is 0 Å². The summed E-state index contributed by atoms with van der Waals surface area (Å²) in [5, 5.41) is 23.7. The Balaban J connectivity index is 2.16. The minimum absolute atomic E-state index is 0.00584. The molecule has 23 heavy (non-hydrogen) atoms. The summed E-state index contributed by atoms with van der Waals surface area (Å²) >= 11 is 0. The zero-order chi connectivity index (χ0) is 16.7. The molecule has 0 aliphatic carbocycles. The summed E-state index contributed by atoms with van der Waals surface area (Å²) in [6.45, 7) is 0. The summed E-state index contributed by atoms with van der Waals surface area (Å²) < 4.78 is 0. The van der Waals surface area contributed by atoms with Crippen LogP contribution in [0.3, 0.4) is 0 Å². The number of nitro groups is 1. The van der Waals surface area contributed by atoms with E-state index in [9.17, 15) is 14.9 Å². The third kappa shape index (κ3) is 4.92. The van der Waals surface area contributed by atoms with Crippen LogP contribution in [-0.4, -0.2) is 21.7 Å². The highest BCUT2D eigenvalue weighted by Gasteiger charge is 2.07. The number of anilines is 1. The van der Waals surface area contributed by atoms with Crippen molar-refractivity contribution in [3.05, 3.63) is 70.3 Å². The lowest BCUT2D eigenvalue weighted by molar-refractivity contribution is -0.384. The van der Waals surface area contributed by atoms with Crippen molar-refractivity contribution in [2.75, 3.05) is 5.43 Å². The first-order valence-corrected chi connectivity index (χ1v) is 6.90. The van der Waals surface area contributed by atoms with E-state index in [0.717, 1.165) is 5.56 Å². The van der Waals surface area contributed by atoms with Gasteiger partial charge in [0.2, 0.25) is 0 Å². The highest BCUT2D eigenvalue weighted by molar-refractivity contribution is 6.02. The summed E-state index contributed by atoms with van der Waals surface area (Å²) in [5.41, 5.74) is 4.81. The fourth-order valence-electron chi connectivity index (χ4n) is 1.91. The van der Waals surface area contributed by atoms with E-state index in [1.165, 1.54) is 12.1 Å². The van der Waals surface area contributed by atoms with Crippen LogP contribution in [0, 0.1) is 10.1 Å². The van der Waals surface area contributed by atoms with Crippen LogP contribution < -0.4 is 5.43 Å². The average molecular weight is 313 g/mol. The number of nitro benzene ring substituents is 1. The van der Waals surface area contributed by atoms with Crippen molar-refractivity contribution in [1.82, 2.24) is 0 Å². The second kappa shape index (κ2) is 7.69. The number of carbonyl (C=O) groups is 1. The Labute approximate surface area is 132 Å². The predicted molar refractivity (Wildman–Crippen MR) is 86.6 cm³/mol. The molecule has 0 bridgehead atoms. The molecule has 7 heteroatoms. The molecule has 0 saturated heterocycles. The second-order valence-corrected chi connectivity index (χ2v) is 4.73. The fraction of sp³-hybridized carbons (Fsp3) is 0.125. The maximum atomic E-state index is 10.8. The molecule has 118 valence electrons. The molecular weight excluding hydrogens is 298 g/mol. The van der Waals surface area contributed by atoms with Crippen LogP contribution in [0.25, 0.3) is 0 Å². The van der Waals surface area contributed by atoms with Crippen molar-refractivity contribution in [3.63, 3.8) is 0 Å². The molecule has 0 spiro atoms. The van der Waals surface area contributed by atoms with E-state index < -0.39 is 10.9 Å². The summed E-state index contributed by atoms with van der Waals surface area (Å²) in [6.07, 6.45) is 0.245. The van der Waals surface area contributed by atoms with Crippen molar-refractivity contribution >= 4 is 23.1 Å². The molecule has 2 rings (SSSR count). The number of rotatable bonds is 7. The molecule has 0 amide bonds. The minimum Gasteiger partial charge on any atom is -0.481 e. The normalized spacial score (nSPS) is 11.0. The third-order valence-electron chi connectivity index (χ3n) is 3.08. The first-order chi connectivity index (χ1) is 11.1. The molecular formula is C16H15N3O4. The monoisotopic (exact) mass is 313 g/mol. The molecule has 2 aromatic rings. The zero-order valence-electron chi connectivity index (χ0n) is 12.2. The number of benzene rings is 2. The van der Waals surface area contributed by atoms with E-state index in [1.807, 2.05) is 30.3 Å². The van der Waals surface area contributed by atoms with Crippen molar-refractivity contribution in [3.8, 4) is 0 Å². The summed E-state index contributed by atoms with van der Waals surface area (Å²) in [6, 6.07) is 15.1. The first kappa shape index (κ1) is 16.2. The molecule has 0 unspecified atom stereocenters. The quantitative estimate of drug-likeness (QED) is 0.463. The molecule has 0 aliphatic heterocycles. The van der Waals surface area contributed by atoms with Crippen molar-refractivity contribution in [1.29, 1.82) is 0 Å². The van der Waals surface area contributed by atoms with Gasteiger partial charge in [0, 0.05) is 18.6 Å². The van der Waals surface area contributed by atoms with Gasteiger partial charge in [0.25, 0.3) is 5.69 Å². The fourth-order valence-corrected chi connectivity index (χ4v) is 1.91. The van der Waals surface area contributed by atoms with Gasteiger partial charge in [-0.3, -0.25) is 20.3 Å². The molecule has 0 aromatic heterocycles. The molecule has 0 heterocycles. The largest absolute Gasteiger partial charge is 0.481 e. The predicted octanol–water partition coefficient (Wildman–Crippen LogP) is 3.28. The molecule has 0 aliphatic rings. The number of carboxylic acids is 1. The number of aliphatic carboxylic acids is 1. The summed E-state index contributed by atoms with van der Waals surface area (Å²) in [7, 11) is 0.